The molecule has 1 aromatic heterocycles. The average molecular weight is 218 g/mol. The van der Waals surface area contributed by atoms with Crippen molar-refractivity contribution in [1.82, 2.24) is 5.16 Å². The van der Waals surface area contributed by atoms with Gasteiger partial charge < -0.3 is 4.52 Å². The number of hydrogen-bond acceptors (Lipinski definition) is 4. The van der Waals surface area contributed by atoms with E-state index in [0.717, 1.165) is 0 Å². The molecule has 0 bridgehead atoms. The lowest BCUT2D eigenvalue weighted by Crippen LogP contribution is -1.90. The van der Waals surface area contributed by atoms with Crippen molar-refractivity contribution in [3.8, 4) is 0 Å². The van der Waals surface area contributed by atoms with E-state index in [1.807, 2.05) is 0 Å². The number of hydrogen-bond donors (Lipinski definition) is 0. The second-order valence-electron chi connectivity index (χ2n) is 2.42. The van der Waals surface area contributed by atoms with Crippen molar-refractivity contribution in [3.63, 3.8) is 0 Å². The molecule has 0 saturated heterocycles. The van der Waals surface area contributed by atoms with Gasteiger partial charge in [-0.1, -0.05) is 17.3 Å². The Morgan fingerprint density at radius 1 is 1.31 bits per heavy atom. The lowest BCUT2D eigenvalue weighted by molar-refractivity contribution is 0.433. The van der Waals surface area contributed by atoms with Crippen LogP contribution in [-0.4, -0.2) is 13.6 Å². The van der Waals surface area contributed by atoms with Crippen LogP contribution in [0.15, 0.2) is 33.8 Å². The zero-order valence-corrected chi connectivity index (χ0v) is 7.84. The molecule has 2 rings (SSSR count). The van der Waals surface area contributed by atoms with Crippen LogP contribution in [0.3, 0.4) is 0 Å². The van der Waals surface area contributed by atoms with E-state index in [9.17, 15) is 8.42 Å². The zero-order valence-electron chi connectivity index (χ0n) is 6.27. The minimum absolute atomic E-state index is 0.232. The van der Waals surface area contributed by atoms with E-state index in [-0.39, 0.29) is 5.03 Å². The third-order valence-electron chi connectivity index (χ3n) is 1.58. The Labute approximate surface area is 78.5 Å². The largest absolute Gasteiger partial charge is 0.355 e. The van der Waals surface area contributed by atoms with Crippen molar-refractivity contribution in [2.75, 3.05) is 0 Å². The SMILES string of the molecule is O=S(=O)(Cl)c1noc2ccccc12. The summed E-state index contributed by atoms with van der Waals surface area (Å²) in [5.74, 6) is 0. The van der Waals surface area contributed by atoms with Gasteiger partial charge in [-0.3, -0.25) is 0 Å². The van der Waals surface area contributed by atoms with Gasteiger partial charge in [0.15, 0.2) is 5.58 Å². The summed E-state index contributed by atoms with van der Waals surface area (Å²) in [5, 5.41) is 3.54. The summed E-state index contributed by atoms with van der Waals surface area (Å²) >= 11 is 0. The molecule has 0 amide bonds. The lowest BCUT2D eigenvalue weighted by Gasteiger charge is -1.87. The highest BCUT2D eigenvalue weighted by molar-refractivity contribution is 8.13. The highest BCUT2D eigenvalue weighted by Gasteiger charge is 2.19. The van der Waals surface area contributed by atoms with E-state index < -0.39 is 9.05 Å². The van der Waals surface area contributed by atoms with Crippen LogP contribution in [0.25, 0.3) is 11.0 Å². The van der Waals surface area contributed by atoms with Gasteiger partial charge >= 0.3 is 0 Å². The Morgan fingerprint density at radius 2 is 2.00 bits per heavy atom. The molecule has 6 heteroatoms. The smallest absolute Gasteiger partial charge is 0.282 e. The van der Waals surface area contributed by atoms with Crippen LogP contribution in [0.1, 0.15) is 0 Å². The molecule has 4 nitrogen and oxygen atoms in total. The van der Waals surface area contributed by atoms with Gasteiger partial charge in [-0.2, -0.15) is 0 Å². The first-order valence-corrected chi connectivity index (χ1v) is 5.69. The number of benzene rings is 1. The first-order valence-electron chi connectivity index (χ1n) is 3.38. The van der Waals surface area contributed by atoms with Crippen LogP contribution in [0.4, 0.5) is 0 Å². The summed E-state index contributed by atoms with van der Waals surface area (Å²) in [5.41, 5.74) is 0.404. The van der Waals surface area contributed by atoms with Gasteiger partial charge in [0.25, 0.3) is 9.05 Å². The molecule has 0 aliphatic carbocycles. The van der Waals surface area contributed by atoms with Gasteiger partial charge in [-0.05, 0) is 12.1 Å². The second-order valence-corrected chi connectivity index (χ2v) is 4.90. The predicted octanol–water partition coefficient (Wildman–Crippen LogP) is 1.76. The maximum absolute atomic E-state index is 11.0. The van der Waals surface area contributed by atoms with E-state index in [4.69, 9.17) is 15.2 Å². The van der Waals surface area contributed by atoms with Crippen molar-refractivity contribution in [2.24, 2.45) is 0 Å². The second kappa shape index (κ2) is 2.71. The first-order chi connectivity index (χ1) is 6.09. The van der Waals surface area contributed by atoms with Gasteiger partial charge in [0, 0.05) is 10.7 Å². The zero-order chi connectivity index (χ0) is 9.47. The summed E-state index contributed by atoms with van der Waals surface area (Å²) in [4.78, 5) is 0. The Hall–Kier alpha value is -1.07. The fraction of sp³-hybridized carbons (Fsp3) is 0. The summed E-state index contributed by atoms with van der Waals surface area (Å²) in [6.45, 7) is 0. The van der Waals surface area contributed by atoms with E-state index in [0.29, 0.717) is 11.0 Å². The molecule has 0 fully saturated rings. The van der Waals surface area contributed by atoms with Crippen molar-refractivity contribution in [2.45, 2.75) is 5.03 Å². The molecule has 0 unspecified atom stereocenters. The maximum Gasteiger partial charge on any atom is 0.282 e. The highest BCUT2D eigenvalue weighted by Crippen LogP contribution is 2.24. The summed E-state index contributed by atoms with van der Waals surface area (Å²) < 4.78 is 26.7. The fourth-order valence-corrected chi connectivity index (χ4v) is 1.93. The molecule has 0 atom stereocenters. The summed E-state index contributed by atoms with van der Waals surface area (Å²) in [6.07, 6.45) is 0. The Morgan fingerprint density at radius 3 is 2.69 bits per heavy atom. The Bertz CT molecular complexity index is 546. The lowest BCUT2D eigenvalue weighted by atomic mass is 10.3. The predicted molar refractivity (Wildman–Crippen MR) is 47.0 cm³/mol. The van der Waals surface area contributed by atoms with Crippen molar-refractivity contribution < 1.29 is 12.9 Å². The molecule has 0 radical (unpaired) electrons. The van der Waals surface area contributed by atoms with Gasteiger partial charge in [0.2, 0.25) is 5.03 Å². The average Bonchev–Trinajstić information content (AvgIpc) is 2.45. The molecule has 0 N–H and O–H groups in total. The van der Waals surface area contributed by atoms with Crippen molar-refractivity contribution in [1.29, 1.82) is 0 Å². The fourth-order valence-electron chi connectivity index (χ4n) is 1.04. The molecular formula is C7H4ClNO3S. The third-order valence-corrected chi connectivity index (χ3v) is 2.77. The van der Waals surface area contributed by atoms with Crippen molar-refractivity contribution in [3.05, 3.63) is 24.3 Å². The molecule has 1 aromatic carbocycles. The number of nitrogens with zero attached hydrogens (tertiary/aromatic N) is 1. The maximum atomic E-state index is 11.0. The van der Waals surface area contributed by atoms with Crippen LogP contribution in [0, 0.1) is 0 Å². The standard InChI is InChI=1S/C7H4ClNO3S/c8-13(10,11)7-5-3-1-2-4-6(5)12-9-7/h1-4H. The number of fused-ring (bicyclic) bond motifs is 1. The third kappa shape index (κ3) is 1.40. The number of rotatable bonds is 1. The van der Waals surface area contributed by atoms with Crippen molar-refractivity contribution >= 4 is 30.7 Å². The van der Waals surface area contributed by atoms with E-state index in [2.05, 4.69) is 5.16 Å². The molecule has 13 heavy (non-hydrogen) atoms. The minimum atomic E-state index is -3.82. The Balaban J connectivity index is 2.87. The van der Waals surface area contributed by atoms with E-state index in [1.165, 1.54) is 0 Å². The van der Waals surface area contributed by atoms with Crippen LogP contribution in [0.2, 0.25) is 0 Å². The van der Waals surface area contributed by atoms with Gasteiger partial charge in [0.05, 0.1) is 5.39 Å². The molecule has 1 heterocycles. The quantitative estimate of drug-likeness (QED) is 0.683. The summed E-state index contributed by atoms with van der Waals surface area (Å²) in [7, 11) is 1.31. The monoisotopic (exact) mass is 217 g/mol. The van der Waals surface area contributed by atoms with E-state index >= 15 is 0 Å². The van der Waals surface area contributed by atoms with Gasteiger partial charge in [-0.15, -0.1) is 0 Å². The molecule has 0 spiro atoms. The molecule has 2 aromatic rings. The Kier molecular flexibility index (Phi) is 1.78. The van der Waals surface area contributed by atoms with Crippen LogP contribution in [0.5, 0.6) is 0 Å². The first kappa shape index (κ1) is 8.52. The number of para-hydroxylation sites is 1. The normalized spacial score (nSPS) is 12.1. The molecular weight excluding hydrogens is 214 g/mol. The van der Waals surface area contributed by atoms with Gasteiger partial charge in [0.1, 0.15) is 0 Å². The van der Waals surface area contributed by atoms with Gasteiger partial charge in [-0.25, -0.2) is 8.42 Å². The number of halogens is 1. The van der Waals surface area contributed by atoms with Crippen LogP contribution in [-0.2, 0) is 9.05 Å². The molecule has 0 saturated carbocycles. The summed E-state index contributed by atoms with van der Waals surface area (Å²) in [6, 6.07) is 6.61. The topological polar surface area (TPSA) is 60.2 Å². The molecule has 0 aliphatic rings. The molecule has 0 aliphatic heterocycles. The molecule has 68 valence electrons. The highest BCUT2D eigenvalue weighted by atomic mass is 35.7. The van der Waals surface area contributed by atoms with Crippen LogP contribution >= 0.6 is 10.7 Å². The number of aromatic nitrogens is 1. The van der Waals surface area contributed by atoms with Crippen LogP contribution < -0.4 is 0 Å². The van der Waals surface area contributed by atoms with E-state index in [1.54, 1.807) is 24.3 Å². The minimum Gasteiger partial charge on any atom is -0.355 e.